The summed E-state index contributed by atoms with van der Waals surface area (Å²) in [5.74, 6) is 0.561. The molecule has 0 amide bonds. The quantitative estimate of drug-likeness (QED) is 0.852. The molecule has 0 aliphatic heterocycles. The van der Waals surface area contributed by atoms with Gasteiger partial charge < -0.3 is 14.8 Å². The minimum absolute atomic E-state index is 0.0462. The number of nitrogens with one attached hydrogen (secondary N) is 1. The minimum atomic E-state index is -1.02. The van der Waals surface area contributed by atoms with Crippen molar-refractivity contribution in [2.45, 2.75) is 50.0 Å². The van der Waals surface area contributed by atoms with Crippen LogP contribution in [0.1, 0.15) is 59.3 Å². The van der Waals surface area contributed by atoms with Crippen molar-refractivity contribution in [3.63, 3.8) is 0 Å². The summed E-state index contributed by atoms with van der Waals surface area (Å²) in [6.07, 6.45) is 4.30. The van der Waals surface area contributed by atoms with Crippen LogP contribution in [0.4, 0.5) is 0 Å². The molecule has 1 aromatic heterocycles. The normalized spacial score (nSPS) is 24.4. The number of rotatable bonds is 6. The van der Waals surface area contributed by atoms with Gasteiger partial charge in [-0.25, -0.2) is 9.78 Å². The number of carboxylic acid groups (broad SMARTS) is 1. The van der Waals surface area contributed by atoms with Crippen molar-refractivity contribution in [2.75, 3.05) is 6.54 Å². The molecule has 2 aromatic rings. The van der Waals surface area contributed by atoms with Crippen LogP contribution in [-0.2, 0) is 5.41 Å². The van der Waals surface area contributed by atoms with E-state index in [1.807, 2.05) is 6.07 Å². The highest BCUT2D eigenvalue weighted by Crippen LogP contribution is 2.46. The Morgan fingerprint density at radius 2 is 2.12 bits per heavy atom. The fraction of sp³-hybridized carbons (Fsp3) is 0.474. The summed E-state index contributed by atoms with van der Waals surface area (Å²) in [5, 5.41) is 12.8. The summed E-state index contributed by atoms with van der Waals surface area (Å²) >= 11 is 0. The Morgan fingerprint density at radius 3 is 2.71 bits per heavy atom. The molecule has 24 heavy (non-hydrogen) atoms. The monoisotopic (exact) mass is 326 g/mol. The second-order valence-electron chi connectivity index (χ2n) is 7.10. The standard InChI is InChI=1S/C19H22N2O3/c1-12-16(17(22)23)21-18(24-12)19(8-5-9-19)11-20-15-10-14(15)13-6-3-2-4-7-13/h2-4,6-7,14-15,20H,5,8-11H2,1H3,(H,22,23). The van der Waals surface area contributed by atoms with E-state index in [4.69, 9.17) is 4.42 Å². The summed E-state index contributed by atoms with van der Waals surface area (Å²) in [6, 6.07) is 11.1. The molecule has 2 aliphatic carbocycles. The van der Waals surface area contributed by atoms with E-state index in [0.717, 1.165) is 32.2 Å². The van der Waals surface area contributed by atoms with E-state index in [9.17, 15) is 9.90 Å². The van der Waals surface area contributed by atoms with Crippen molar-refractivity contribution in [1.82, 2.24) is 10.3 Å². The largest absolute Gasteiger partial charge is 0.476 e. The zero-order chi connectivity index (χ0) is 16.7. The highest BCUT2D eigenvalue weighted by molar-refractivity contribution is 5.86. The first-order valence-electron chi connectivity index (χ1n) is 8.59. The number of hydrogen-bond acceptors (Lipinski definition) is 4. The molecule has 5 heteroatoms. The summed E-state index contributed by atoms with van der Waals surface area (Å²) < 4.78 is 5.72. The van der Waals surface area contributed by atoms with Gasteiger partial charge in [-0.1, -0.05) is 36.8 Å². The maximum Gasteiger partial charge on any atom is 0.358 e. The number of aryl methyl sites for hydroxylation is 1. The number of aromatic nitrogens is 1. The topological polar surface area (TPSA) is 75.4 Å². The van der Waals surface area contributed by atoms with Crippen LogP contribution in [0.2, 0.25) is 0 Å². The van der Waals surface area contributed by atoms with Crippen molar-refractivity contribution in [3.8, 4) is 0 Å². The molecular formula is C19H22N2O3. The maximum atomic E-state index is 11.2. The third kappa shape index (κ3) is 2.63. The van der Waals surface area contributed by atoms with Gasteiger partial charge in [-0.3, -0.25) is 0 Å². The lowest BCUT2D eigenvalue weighted by atomic mass is 9.68. The zero-order valence-corrected chi connectivity index (χ0v) is 13.8. The van der Waals surface area contributed by atoms with Gasteiger partial charge in [0.1, 0.15) is 5.76 Å². The molecule has 5 nitrogen and oxygen atoms in total. The van der Waals surface area contributed by atoms with E-state index >= 15 is 0 Å². The second-order valence-corrected chi connectivity index (χ2v) is 7.10. The van der Waals surface area contributed by atoms with E-state index < -0.39 is 5.97 Å². The van der Waals surface area contributed by atoms with E-state index in [0.29, 0.717) is 23.6 Å². The minimum Gasteiger partial charge on any atom is -0.476 e. The van der Waals surface area contributed by atoms with Gasteiger partial charge in [0.25, 0.3) is 0 Å². The second kappa shape index (κ2) is 5.74. The maximum absolute atomic E-state index is 11.2. The smallest absolute Gasteiger partial charge is 0.358 e. The lowest BCUT2D eigenvalue weighted by Crippen LogP contribution is -2.45. The third-order valence-corrected chi connectivity index (χ3v) is 5.48. The molecule has 2 unspecified atom stereocenters. The van der Waals surface area contributed by atoms with E-state index in [1.54, 1.807) is 6.92 Å². The van der Waals surface area contributed by atoms with Crippen LogP contribution in [0.25, 0.3) is 0 Å². The molecule has 1 aromatic carbocycles. The van der Waals surface area contributed by atoms with Crippen LogP contribution < -0.4 is 5.32 Å². The predicted molar refractivity (Wildman–Crippen MR) is 89.3 cm³/mol. The summed E-state index contributed by atoms with van der Waals surface area (Å²) in [6.45, 7) is 2.48. The molecule has 2 N–H and O–H groups in total. The van der Waals surface area contributed by atoms with Crippen LogP contribution in [0, 0.1) is 6.92 Å². The van der Waals surface area contributed by atoms with Gasteiger partial charge in [-0.15, -0.1) is 0 Å². The lowest BCUT2D eigenvalue weighted by Gasteiger charge is -2.39. The van der Waals surface area contributed by atoms with E-state index in [-0.39, 0.29) is 11.1 Å². The Bertz CT molecular complexity index is 749. The molecule has 4 rings (SSSR count). The van der Waals surface area contributed by atoms with Crippen LogP contribution >= 0.6 is 0 Å². The molecule has 0 saturated heterocycles. The Morgan fingerprint density at radius 1 is 1.38 bits per heavy atom. The van der Waals surface area contributed by atoms with Crippen LogP contribution in [0.15, 0.2) is 34.7 Å². The highest BCUT2D eigenvalue weighted by atomic mass is 16.4. The molecular weight excluding hydrogens is 304 g/mol. The number of carboxylic acids is 1. The average Bonchev–Trinajstić information content (AvgIpc) is 3.21. The molecule has 1 heterocycles. The molecule has 0 spiro atoms. The molecule has 2 saturated carbocycles. The lowest BCUT2D eigenvalue weighted by molar-refractivity contribution is 0.0689. The first kappa shape index (κ1) is 15.4. The first-order chi connectivity index (χ1) is 11.6. The molecule has 2 fully saturated rings. The summed E-state index contributed by atoms with van der Waals surface area (Å²) in [5.41, 5.74) is 1.30. The Hall–Kier alpha value is -2.14. The summed E-state index contributed by atoms with van der Waals surface area (Å²) in [4.78, 5) is 15.5. The van der Waals surface area contributed by atoms with Crippen molar-refractivity contribution < 1.29 is 14.3 Å². The van der Waals surface area contributed by atoms with Gasteiger partial charge in [-0.05, 0) is 31.7 Å². The number of hydrogen-bond donors (Lipinski definition) is 2. The van der Waals surface area contributed by atoms with E-state index in [1.165, 1.54) is 5.56 Å². The number of aromatic carboxylic acids is 1. The number of carbonyl (C=O) groups is 1. The van der Waals surface area contributed by atoms with Gasteiger partial charge in [0.15, 0.2) is 5.69 Å². The van der Waals surface area contributed by atoms with Gasteiger partial charge in [0.05, 0.1) is 5.41 Å². The Kier molecular flexibility index (Phi) is 3.68. The third-order valence-electron chi connectivity index (χ3n) is 5.48. The Balaban J connectivity index is 1.43. The molecule has 0 bridgehead atoms. The molecule has 0 radical (unpaired) electrons. The van der Waals surface area contributed by atoms with Crippen LogP contribution in [0.5, 0.6) is 0 Å². The van der Waals surface area contributed by atoms with Crippen molar-refractivity contribution in [2.24, 2.45) is 0 Å². The van der Waals surface area contributed by atoms with Crippen molar-refractivity contribution >= 4 is 5.97 Å². The van der Waals surface area contributed by atoms with E-state index in [2.05, 4.69) is 34.6 Å². The fourth-order valence-electron chi connectivity index (χ4n) is 3.71. The first-order valence-corrected chi connectivity index (χ1v) is 8.59. The van der Waals surface area contributed by atoms with Gasteiger partial charge >= 0.3 is 5.97 Å². The number of benzene rings is 1. The predicted octanol–water partition coefficient (Wildman–Crippen LogP) is 3.25. The van der Waals surface area contributed by atoms with Crippen molar-refractivity contribution in [1.29, 1.82) is 0 Å². The van der Waals surface area contributed by atoms with Crippen LogP contribution in [0.3, 0.4) is 0 Å². The number of nitrogens with zero attached hydrogens (tertiary/aromatic N) is 1. The fourth-order valence-corrected chi connectivity index (χ4v) is 3.71. The average molecular weight is 326 g/mol. The molecule has 126 valence electrons. The van der Waals surface area contributed by atoms with Gasteiger partial charge in [-0.2, -0.15) is 0 Å². The highest BCUT2D eigenvalue weighted by Gasteiger charge is 2.46. The molecule has 2 aliphatic rings. The SMILES string of the molecule is Cc1oc(C2(CNC3CC3c3ccccc3)CCC2)nc1C(=O)O. The number of oxazole rings is 1. The Labute approximate surface area is 141 Å². The van der Waals surface area contributed by atoms with Gasteiger partial charge in [0.2, 0.25) is 5.89 Å². The van der Waals surface area contributed by atoms with Crippen molar-refractivity contribution in [3.05, 3.63) is 53.2 Å². The van der Waals surface area contributed by atoms with Crippen LogP contribution in [-0.4, -0.2) is 28.6 Å². The van der Waals surface area contributed by atoms with Gasteiger partial charge in [0, 0.05) is 18.5 Å². The molecule has 2 atom stereocenters. The summed E-state index contributed by atoms with van der Waals surface area (Å²) in [7, 11) is 0. The zero-order valence-electron chi connectivity index (χ0n) is 13.8.